The first-order valence-corrected chi connectivity index (χ1v) is 13.8. The lowest BCUT2D eigenvalue weighted by Crippen LogP contribution is -2.45. The van der Waals surface area contributed by atoms with E-state index >= 15 is 0 Å². The number of ether oxygens (including phenoxy) is 2. The highest BCUT2D eigenvalue weighted by Crippen LogP contribution is 2.29. The molecule has 1 N–H and O–H groups in total. The second-order valence-corrected chi connectivity index (χ2v) is 10.6. The maximum atomic E-state index is 13.6. The predicted molar refractivity (Wildman–Crippen MR) is 140 cm³/mol. The van der Waals surface area contributed by atoms with Gasteiger partial charge in [0.05, 0.1) is 18.0 Å². The molecule has 0 radical (unpaired) electrons. The monoisotopic (exact) mass is 508 g/mol. The number of sulfonamides is 1. The Morgan fingerprint density at radius 1 is 0.861 bits per heavy atom. The van der Waals surface area contributed by atoms with Crippen LogP contribution in [0, 0.1) is 0 Å². The number of amides is 1. The van der Waals surface area contributed by atoms with Gasteiger partial charge in [-0.1, -0.05) is 37.5 Å². The number of hydrogen-bond acceptors (Lipinski definition) is 5. The lowest BCUT2D eigenvalue weighted by Gasteiger charge is -2.33. The second kappa shape index (κ2) is 12.1. The van der Waals surface area contributed by atoms with Crippen LogP contribution >= 0.6 is 0 Å². The fraction of sp³-hybridized carbons (Fsp3) is 0.321. The lowest BCUT2D eigenvalue weighted by molar-refractivity contribution is -0.116. The van der Waals surface area contributed by atoms with E-state index in [0.717, 1.165) is 37.9 Å². The van der Waals surface area contributed by atoms with Crippen molar-refractivity contribution in [2.24, 2.45) is 0 Å². The third-order valence-corrected chi connectivity index (χ3v) is 8.05. The number of benzene rings is 3. The van der Waals surface area contributed by atoms with Crippen LogP contribution in [0.2, 0.25) is 0 Å². The van der Waals surface area contributed by atoms with E-state index in [1.54, 1.807) is 48.5 Å². The van der Waals surface area contributed by atoms with Gasteiger partial charge in [-0.15, -0.1) is 0 Å². The van der Waals surface area contributed by atoms with Crippen LogP contribution in [0.25, 0.3) is 0 Å². The van der Waals surface area contributed by atoms with Crippen LogP contribution in [0.15, 0.2) is 83.8 Å². The van der Waals surface area contributed by atoms with Crippen molar-refractivity contribution in [1.29, 1.82) is 0 Å². The SMILES string of the molecule is CCOc1ccc(S(=O)(=O)N(CC(=O)Nc2ccc(Oc3ccccc3)cc2)C2CCCCC2)cc1. The minimum Gasteiger partial charge on any atom is -0.494 e. The minimum atomic E-state index is -3.86. The van der Waals surface area contributed by atoms with Gasteiger partial charge in [-0.3, -0.25) is 4.79 Å². The van der Waals surface area contributed by atoms with Crippen molar-refractivity contribution in [3.05, 3.63) is 78.9 Å². The van der Waals surface area contributed by atoms with Crippen molar-refractivity contribution in [3.63, 3.8) is 0 Å². The van der Waals surface area contributed by atoms with Gasteiger partial charge in [-0.2, -0.15) is 4.31 Å². The molecule has 190 valence electrons. The summed E-state index contributed by atoms with van der Waals surface area (Å²) >= 11 is 0. The normalized spacial score (nSPS) is 14.4. The van der Waals surface area contributed by atoms with Gasteiger partial charge in [0.25, 0.3) is 0 Å². The molecule has 8 heteroatoms. The quantitative estimate of drug-likeness (QED) is 0.372. The van der Waals surface area contributed by atoms with E-state index in [4.69, 9.17) is 9.47 Å². The summed E-state index contributed by atoms with van der Waals surface area (Å²) in [5.74, 6) is 1.59. The molecule has 0 atom stereocenters. The standard InChI is InChI=1S/C28H32N2O5S/c1-2-34-24-17-19-27(20-18-24)36(32,33)30(23-9-5-3-6-10-23)21-28(31)29-22-13-15-26(16-14-22)35-25-11-7-4-8-12-25/h4,7-8,11-20,23H,2-3,5-6,9-10,21H2,1H3,(H,29,31). The molecule has 7 nitrogen and oxygen atoms in total. The molecular formula is C28H32N2O5S. The number of nitrogens with zero attached hydrogens (tertiary/aromatic N) is 1. The molecule has 1 aliphatic rings. The molecule has 0 heterocycles. The van der Waals surface area contributed by atoms with E-state index in [0.29, 0.717) is 23.8 Å². The zero-order chi connectivity index (χ0) is 25.4. The highest BCUT2D eigenvalue weighted by molar-refractivity contribution is 7.89. The van der Waals surface area contributed by atoms with Crippen molar-refractivity contribution in [1.82, 2.24) is 4.31 Å². The van der Waals surface area contributed by atoms with Gasteiger partial charge in [0.2, 0.25) is 15.9 Å². The Bertz CT molecular complexity index is 1220. The number of carbonyl (C=O) groups is 1. The molecule has 0 spiro atoms. The van der Waals surface area contributed by atoms with E-state index in [9.17, 15) is 13.2 Å². The van der Waals surface area contributed by atoms with Gasteiger partial charge < -0.3 is 14.8 Å². The van der Waals surface area contributed by atoms with Gasteiger partial charge in [-0.25, -0.2) is 8.42 Å². The van der Waals surface area contributed by atoms with E-state index in [2.05, 4.69) is 5.32 Å². The van der Waals surface area contributed by atoms with Gasteiger partial charge in [-0.05, 0) is 80.4 Å². The molecule has 3 aromatic carbocycles. The Labute approximate surface area is 213 Å². The fourth-order valence-electron chi connectivity index (χ4n) is 4.36. The van der Waals surface area contributed by atoms with Crippen LogP contribution in [-0.2, 0) is 14.8 Å². The van der Waals surface area contributed by atoms with Gasteiger partial charge in [0.1, 0.15) is 17.2 Å². The molecule has 1 aliphatic carbocycles. The minimum absolute atomic E-state index is 0.159. The number of carbonyl (C=O) groups excluding carboxylic acids is 1. The number of nitrogens with one attached hydrogen (secondary N) is 1. The zero-order valence-electron chi connectivity index (χ0n) is 20.4. The van der Waals surface area contributed by atoms with Crippen molar-refractivity contribution in [3.8, 4) is 17.2 Å². The molecule has 3 aromatic rings. The van der Waals surface area contributed by atoms with E-state index in [-0.39, 0.29) is 23.4 Å². The number of anilines is 1. The molecule has 4 rings (SSSR count). The summed E-state index contributed by atoms with van der Waals surface area (Å²) in [7, 11) is -3.86. The summed E-state index contributed by atoms with van der Waals surface area (Å²) in [5, 5.41) is 2.83. The first-order valence-electron chi connectivity index (χ1n) is 12.3. The molecular weight excluding hydrogens is 476 g/mol. The van der Waals surface area contributed by atoms with Gasteiger partial charge in [0.15, 0.2) is 0 Å². The predicted octanol–water partition coefficient (Wildman–Crippen LogP) is 5.84. The highest BCUT2D eigenvalue weighted by Gasteiger charge is 2.34. The maximum Gasteiger partial charge on any atom is 0.243 e. The summed E-state index contributed by atoms with van der Waals surface area (Å²) in [6, 6.07) is 22.6. The molecule has 1 amide bonds. The second-order valence-electron chi connectivity index (χ2n) is 8.73. The van der Waals surface area contributed by atoms with Crippen LogP contribution in [-0.4, -0.2) is 37.8 Å². The van der Waals surface area contributed by atoms with Crippen molar-refractivity contribution < 1.29 is 22.7 Å². The van der Waals surface area contributed by atoms with E-state index < -0.39 is 10.0 Å². The third kappa shape index (κ3) is 6.65. The largest absolute Gasteiger partial charge is 0.494 e. The Morgan fingerprint density at radius 2 is 1.47 bits per heavy atom. The Kier molecular flexibility index (Phi) is 8.61. The average Bonchev–Trinajstić information content (AvgIpc) is 2.90. The number of hydrogen-bond donors (Lipinski definition) is 1. The zero-order valence-corrected chi connectivity index (χ0v) is 21.2. The molecule has 0 unspecified atom stereocenters. The van der Waals surface area contributed by atoms with Crippen LogP contribution < -0.4 is 14.8 Å². The first-order chi connectivity index (χ1) is 17.5. The lowest BCUT2D eigenvalue weighted by atomic mass is 9.95. The first kappa shape index (κ1) is 25.7. The molecule has 1 fully saturated rings. The Morgan fingerprint density at radius 3 is 2.11 bits per heavy atom. The molecule has 36 heavy (non-hydrogen) atoms. The maximum absolute atomic E-state index is 13.6. The third-order valence-electron chi connectivity index (χ3n) is 6.14. The smallest absolute Gasteiger partial charge is 0.243 e. The van der Waals surface area contributed by atoms with Gasteiger partial charge >= 0.3 is 0 Å². The molecule has 0 bridgehead atoms. The van der Waals surface area contributed by atoms with Crippen molar-refractivity contribution in [2.75, 3.05) is 18.5 Å². The molecule has 1 saturated carbocycles. The summed E-state index contributed by atoms with van der Waals surface area (Å²) in [6.45, 7) is 2.13. The topological polar surface area (TPSA) is 84.9 Å². The average molecular weight is 509 g/mol. The Balaban J connectivity index is 1.46. The summed E-state index contributed by atoms with van der Waals surface area (Å²) in [5.41, 5.74) is 0.572. The number of rotatable bonds is 10. The van der Waals surface area contributed by atoms with Crippen molar-refractivity contribution in [2.45, 2.75) is 50.0 Å². The van der Waals surface area contributed by atoms with Gasteiger partial charge in [0, 0.05) is 11.7 Å². The van der Waals surface area contributed by atoms with Crippen molar-refractivity contribution >= 4 is 21.6 Å². The van der Waals surface area contributed by atoms with E-state index in [1.807, 2.05) is 37.3 Å². The summed E-state index contributed by atoms with van der Waals surface area (Å²) in [4.78, 5) is 13.1. The fourth-order valence-corrected chi connectivity index (χ4v) is 6.00. The van der Waals surface area contributed by atoms with Crippen LogP contribution in [0.1, 0.15) is 39.0 Å². The summed E-state index contributed by atoms with van der Waals surface area (Å²) in [6.07, 6.45) is 4.47. The van der Waals surface area contributed by atoms with E-state index in [1.165, 1.54) is 4.31 Å². The molecule has 0 saturated heterocycles. The highest BCUT2D eigenvalue weighted by atomic mass is 32.2. The van der Waals surface area contributed by atoms with Crippen LogP contribution in [0.4, 0.5) is 5.69 Å². The molecule has 0 aliphatic heterocycles. The van der Waals surface area contributed by atoms with Crippen LogP contribution in [0.5, 0.6) is 17.2 Å². The molecule has 0 aromatic heterocycles. The Hall–Kier alpha value is -3.36. The number of para-hydroxylation sites is 1. The van der Waals surface area contributed by atoms with Crippen LogP contribution in [0.3, 0.4) is 0 Å². The summed E-state index contributed by atoms with van der Waals surface area (Å²) < 4.78 is 39.8.